The van der Waals surface area contributed by atoms with Crippen LogP contribution < -0.4 is 5.32 Å². The van der Waals surface area contributed by atoms with E-state index in [1.165, 1.54) is 5.69 Å². The smallest absolute Gasteiger partial charge is 0.216 e. The summed E-state index contributed by atoms with van der Waals surface area (Å²) in [5.74, 6) is 2.88. The van der Waals surface area contributed by atoms with Crippen molar-refractivity contribution in [2.45, 2.75) is 13.0 Å². The molecule has 3 aromatic rings. The lowest BCUT2D eigenvalue weighted by Crippen LogP contribution is -2.39. The van der Waals surface area contributed by atoms with E-state index in [0.29, 0.717) is 24.6 Å². The van der Waals surface area contributed by atoms with E-state index in [0.717, 1.165) is 18.3 Å². The van der Waals surface area contributed by atoms with Gasteiger partial charge in [0.05, 0.1) is 12.8 Å². The van der Waals surface area contributed by atoms with Gasteiger partial charge in [0.2, 0.25) is 5.82 Å². The van der Waals surface area contributed by atoms with E-state index in [1.807, 2.05) is 38.5 Å². The predicted molar refractivity (Wildman–Crippen MR) is 111 cm³/mol. The van der Waals surface area contributed by atoms with E-state index in [2.05, 4.69) is 41.0 Å². The zero-order valence-corrected chi connectivity index (χ0v) is 17.5. The van der Waals surface area contributed by atoms with Crippen molar-refractivity contribution in [2.75, 3.05) is 20.6 Å². The molecule has 0 atom stereocenters. The summed E-state index contributed by atoms with van der Waals surface area (Å²) >= 11 is 0. The maximum Gasteiger partial charge on any atom is 0.216 e. The molecular formula is C17H24IN7O. The molecular weight excluding hydrogens is 445 g/mol. The fraction of sp³-hybridized carbons (Fsp3) is 0.353. The summed E-state index contributed by atoms with van der Waals surface area (Å²) in [5, 5.41) is 10.5. The number of halogens is 1. The van der Waals surface area contributed by atoms with Crippen LogP contribution in [0.1, 0.15) is 11.5 Å². The molecule has 9 heteroatoms. The van der Waals surface area contributed by atoms with Crippen molar-refractivity contribution in [1.82, 2.24) is 30.0 Å². The highest BCUT2D eigenvalue weighted by atomic mass is 127. The summed E-state index contributed by atoms with van der Waals surface area (Å²) in [6.07, 6.45) is 4.37. The van der Waals surface area contributed by atoms with Crippen LogP contribution >= 0.6 is 24.0 Å². The van der Waals surface area contributed by atoms with Gasteiger partial charge in [-0.3, -0.25) is 10.1 Å². The van der Waals surface area contributed by atoms with Crippen molar-refractivity contribution >= 4 is 29.9 Å². The lowest BCUT2D eigenvalue weighted by Gasteiger charge is -2.22. The molecule has 0 amide bonds. The second-order valence-electron chi connectivity index (χ2n) is 5.77. The molecule has 0 fully saturated rings. The number of hydrogen-bond acceptors (Lipinski definition) is 4. The fourth-order valence-electron chi connectivity index (χ4n) is 2.58. The maximum atomic E-state index is 5.30. The Morgan fingerprint density at radius 2 is 2.23 bits per heavy atom. The summed E-state index contributed by atoms with van der Waals surface area (Å²) in [6, 6.07) is 7.80. The van der Waals surface area contributed by atoms with Gasteiger partial charge in [0, 0.05) is 46.0 Å². The molecule has 140 valence electrons. The first-order chi connectivity index (χ1) is 12.2. The molecule has 0 saturated carbocycles. The van der Waals surface area contributed by atoms with Gasteiger partial charge in [0.1, 0.15) is 5.82 Å². The van der Waals surface area contributed by atoms with Crippen molar-refractivity contribution < 1.29 is 4.42 Å². The quantitative estimate of drug-likeness (QED) is 0.329. The molecule has 3 heterocycles. The number of aryl methyl sites for hydroxylation is 1. The number of H-pyrrole nitrogens is 1. The Hall–Kier alpha value is -2.30. The van der Waals surface area contributed by atoms with Gasteiger partial charge >= 0.3 is 0 Å². The van der Waals surface area contributed by atoms with Crippen LogP contribution in [-0.2, 0) is 20.0 Å². The zero-order chi connectivity index (χ0) is 17.6. The lowest BCUT2D eigenvalue weighted by molar-refractivity contribution is 0.462. The highest BCUT2D eigenvalue weighted by Crippen LogP contribution is 2.14. The van der Waals surface area contributed by atoms with Crippen LogP contribution in [0.25, 0.3) is 11.6 Å². The molecule has 0 saturated heterocycles. The summed E-state index contributed by atoms with van der Waals surface area (Å²) in [6.45, 7) is 1.49. The molecule has 0 aliphatic carbocycles. The number of guanidine groups is 1. The fourth-order valence-corrected chi connectivity index (χ4v) is 2.58. The van der Waals surface area contributed by atoms with Gasteiger partial charge in [-0.2, -0.15) is 5.10 Å². The number of nitrogens with zero attached hydrogens (tertiary/aromatic N) is 5. The molecule has 8 nitrogen and oxygen atoms in total. The third-order valence-electron chi connectivity index (χ3n) is 3.94. The molecule has 3 aromatic heterocycles. The Morgan fingerprint density at radius 1 is 1.38 bits per heavy atom. The highest BCUT2D eigenvalue weighted by Gasteiger charge is 2.10. The Kier molecular flexibility index (Phi) is 7.25. The monoisotopic (exact) mass is 469 g/mol. The first-order valence-electron chi connectivity index (χ1n) is 8.14. The molecule has 0 bridgehead atoms. The van der Waals surface area contributed by atoms with Crippen molar-refractivity contribution in [1.29, 1.82) is 0 Å². The number of hydrogen-bond donors (Lipinski definition) is 2. The molecule has 0 aliphatic rings. The normalized spacial score (nSPS) is 11.3. The van der Waals surface area contributed by atoms with Crippen molar-refractivity contribution in [3.63, 3.8) is 0 Å². The number of furan rings is 1. The van der Waals surface area contributed by atoms with Crippen LogP contribution in [0.2, 0.25) is 0 Å². The minimum Gasteiger partial charge on any atom is -0.461 e. The van der Waals surface area contributed by atoms with E-state index in [1.54, 1.807) is 13.3 Å². The average molecular weight is 469 g/mol. The molecule has 0 aromatic carbocycles. The van der Waals surface area contributed by atoms with Gasteiger partial charge in [-0.25, -0.2) is 4.98 Å². The van der Waals surface area contributed by atoms with Gasteiger partial charge in [0.15, 0.2) is 11.7 Å². The average Bonchev–Trinajstić information content (AvgIpc) is 3.34. The second-order valence-corrected chi connectivity index (χ2v) is 5.77. The molecule has 0 spiro atoms. The van der Waals surface area contributed by atoms with E-state index in [-0.39, 0.29) is 24.0 Å². The van der Waals surface area contributed by atoms with Crippen molar-refractivity contribution in [3.8, 4) is 11.6 Å². The van der Waals surface area contributed by atoms with Gasteiger partial charge < -0.3 is 19.2 Å². The molecule has 3 rings (SSSR count). The number of aliphatic imine (C=N–C) groups is 1. The standard InChI is InChI=1S/C17H23N7O.HI/c1-18-17(24(3)12-13-6-4-10-23(13)2)19-9-8-15-20-16(22-21-15)14-7-5-11-25-14;/h4-7,10-11H,8-9,12H2,1-3H3,(H,18,19)(H,20,21,22);1H. The number of aromatic amines is 1. The summed E-state index contributed by atoms with van der Waals surface area (Å²) in [5.41, 5.74) is 1.23. The SMILES string of the molecule is CN=C(NCCc1nc(-c2ccco2)n[nH]1)N(C)Cc1cccn1C.I. The van der Waals surface area contributed by atoms with Gasteiger partial charge in [-0.05, 0) is 24.3 Å². The van der Waals surface area contributed by atoms with E-state index >= 15 is 0 Å². The van der Waals surface area contributed by atoms with Gasteiger partial charge in [-0.15, -0.1) is 24.0 Å². The van der Waals surface area contributed by atoms with Crippen molar-refractivity contribution in [3.05, 3.63) is 48.2 Å². The van der Waals surface area contributed by atoms with Gasteiger partial charge in [0.25, 0.3) is 0 Å². The van der Waals surface area contributed by atoms with Crippen molar-refractivity contribution in [2.24, 2.45) is 12.0 Å². The molecule has 26 heavy (non-hydrogen) atoms. The zero-order valence-electron chi connectivity index (χ0n) is 15.1. The van der Waals surface area contributed by atoms with Gasteiger partial charge in [-0.1, -0.05) is 0 Å². The van der Waals surface area contributed by atoms with Crippen LogP contribution in [0.15, 0.2) is 46.1 Å². The number of aromatic nitrogens is 4. The Balaban J connectivity index is 0.00000243. The molecule has 0 aliphatic heterocycles. The first kappa shape index (κ1) is 20.0. The minimum absolute atomic E-state index is 0. The summed E-state index contributed by atoms with van der Waals surface area (Å²) in [4.78, 5) is 10.9. The largest absolute Gasteiger partial charge is 0.461 e. The Bertz CT molecular complexity index is 822. The summed E-state index contributed by atoms with van der Waals surface area (Å²) < 4.78 is 7.40. The number of rotatable bonds is 6. The third kappa shape index (κ3) is 4.87. The molecule has 2 N–H and O–H groups in total. The molecule has 0 unspecified atom stereocenters. The van der Waals surface area contributed by atoms with Crippen LogP contribution in [0.3, 0.4) is 0 Å². The maximum absolute atomic E-state index is 5.30. The summed E-state index contributed by atoms with van der Waals surface area (Å²) in [7, 11) is 5.85. The van der Waals surface area contributed by atoms with E-state index in [4.69, 9.17) is 4.42 Å². The highest BCUT2D eigenvalue weighted by molar-refractivity contribution is 14.0. The second kappa shape index (κ2) is 9.41. The Labute approximate surface area is 169 Å². The lowest BCUT2D eigenvalue weighted by atomic mass is 10.4. The Morgan fingerprint density at radius 3 is 2.88 bits per heavy atom. The number of nitrogens with one attached hydrogen (secondary N) is 2. The minimum atomic E-state index is 0. The third-order valence-corrected chi connectivity index (χ3v) is 3.94. The van der Waals surface area contributed by atoms with E-state index in [9.17, 15) is 0 Å². The molecule has 0 radical (unpaired) electrons. The van der Waals surface area contributed by atoms with Crippen LogP contribution in [0.4, 0.5) is 0 Å². The van der Waals surface area contributed by atoms with E-state index < -0.39 is 0 Å². The van der Waals surface area contributed by atoms with Crippen LogP contribution in [0, 0.1) is 0 Å². The topological polar surface area (TPSA) is 87.3 Å². The first-order valence-corrected chi connectivity index (χ1v) is 8.14. The predicted octanol–water partition coefficient (Wildman–Crippen LogP) is 2.27. The van der Waals surface area contributed by atoms with Crippen LogP contribution in [0.5, 0.6) is 0 Å². The van der Waals surface area contributed by atoms with Crippen LogP contribution in [-0.4, -0.2) is 51.2 Å².